The number of nitrogens with one attached hydrogen (secondary N) is 1. The lowest BCUT2D eigenvalue weighted by Crippen LogP contribution is -2.56. The minimum atomic E-state index is 0.205. The lowest BCUT2D eigenvalue weighted by Gasteiger charge is -2.48. The molecule has 2 atom stereocenters. The van der Waals surface area contributed by atoms with E-state index < -0.39 is 0 Å². The number of hydrogen-bond donors (Lipinski definition) is 1. The van der Waals surface area contributed by atoms with Gasteiger partial charge < -0.3 is 5.32 Å². The van der Waals surface area contributed by atoms with Gasteiger partial charge in [0.15, 0.2) is 0 Å². The number of likely N-dealkylation sites (tertiary alicyclic amines) is 1. The molecule has 0 aliphatic carbocycles. The summed E-state index contributed by atoms with van der Waals surface area (Å²) >= 11 is 0. The van der Waals surface area contributed by atoms with Crippen LogP contribution in [-0.4, -0.2) is 30.1 Å². The van der Waals surface area contributed by atoms with Crippen LogP contribution in [0.3, 0.4) is 0 Å². The van der Waals surface area contributed by atoms with Crippen molar-refractivity contribution in [2.45, 2.75) is 64.5 Å². The van der Waals surface area contributed by atoms with Gasteiger partial charge >= 0.3 is 0 Å². The van der Waals surface area contributed by atoms with Crippen LogP contribution in [-0.2, 0) is 0 Å². The van der Waals surface area contributed by atoms with Crippen molar-refractivity contribution < 1.29 is 0 Å². The Balaban J connectivity index is 2.26. The molecular weight excluding hydrogens is 256 g/mol. The number of hydrogen-bond acceptors (Lipinski definition) is 2. The van der Waals surface area contributed by atoms with Crippen molar-refractivity contribution in [3.05, 3.63) is 35.9 Å². The first-order valence-electron chi connectivity index (χ1n) is 8.75. The zero-order valence-corrected chi connectivity index (χ0v) is 14.1. The van der Waals surface area contributed by atoms with Crippen molar-refractivity contribution in [3.8, 4) is 0 Å². The Kier molecular flexibility index (Phi) is 6.25. The highest BCUT2D eigenvalue weighted by atomic mass is 15.2. The molecule has 21 heavy (non-hydrogen) atoms. The van der Waals surface area contributed by atoms with Crippen LogP contribution in [0, 0.1) is 0 Å². The second-order valence-corrected chi connectivity index (χ2v) is 6.56. The Hall–Kier alpha value is -0.860. The van der Waals surface area contributed by atoms with Gasteiger partial charge in [0, 0.05) is 5.54 Å². The van der Waals surface area contributed by atoms with Crippen LogP contribution in [0.15, 0.2) is 30.3 Å². The summed E-state index contributed by atoms with van der Waals surface area (Å²) in [7, 11) is 0. The Labute approximate surface area is 130 Å². The predicted octanol–water partition coefficient (Wildman–Crippen LogP) is 4.38. The molecule has 1 aromatic carbocycles. The van der Waals surface area contributed by atoms with Crippen molar-refractivity contribution in [2.24, 2.45) is 0 Å². The van der Waals surface area contributed by atoms with Gasteiger partial charge in [0.2, 0.25) is 0 Å². The molecule has 2 unspecified atom stereocenters. The minimum Gasteiger partial charge on any atom is -0.308 e. The molecule has 1 saturated heterocycles. The Morgan fingerprint density at radius 3 is 2.33 bits per heavy atom. The average molecular weight is 288 g/mol. The number of rotatable bonds is 7. The monoisotopic (exact) mass is 288 g/mol. The van der Waals surface area contributed by atoms with Crippen LogP contribution in [0.25, 0.3) is 0 Å². The Morgan fingerprint density at radius 2 is 1.76 bits per heavy atom. The molecule has 1 fully saturated rings. The molecule has 1 heterocycles. The molecule has 2 rings (SSSR count). The number of nitrogens with zero attached hydrogens (tertiary/aromatic N) is 1. The highest BCUT2D eigenvalue weighted by Crippen LogP contribution is 2.36. The molecule has 0 bridgehead atoms. The van der Waals surface area contributed by atoms with E-state index in [0.717, 1.165) is 6.54 Å². The fourth-order valence-corrected chi connectivity index (χ4v) is 3.65. The van der Waals surface area contributed by atoms with Gasteiger partial charge in [-0.25, -0.2) is 0 Å². The van der Waals surface area contributed by atoms with Crippen LogP contribution < -0.4 is 5.32 Å². The third-order valence-electron chi connectivity index (χ3n) is 5.15. The first-order chi connectivity index (χ1) is 10.2. The molecule has 1 aliphatic heterocycles. The average Bonchev–Trinajstić information content (AvgIpc) is 2.56. The molecular formula is C19H32N2. The van der Waals surface area contributed by atoms with Crippen LogP contribution in [0.1, 0.15) is 64.5 Å². The van der Waals surface area contributed by atoms with Crippen LogP contribution >= 0.6 is 0 Å². The molecule has 0 saturated carbocycles. The van der Waals surface area contributed by atoms with E-state index in [1.54, 1.807) is 0 Å². The number of piperidine rings is 1. The van der Waals surface area contributed by atoms with E-state index in [0.29, 0.717) is 6.04 Å². The zero-order valence-electron chi connectivity index (χ0n) is 14.1. The van der Waals surface area contributed by atoms with E-state index in [9.17, 15) is 0 Å². The van der Waals surface area contributed by atoms with E-state index in [4.69, 9.17) is 0 Å². The Bertz CT molecular complexity index is 397. The summed E-state index contributed by atoms with van der Waals surface area (Å²) < 4.78 is 0. The third kappa shape index (κ3) is 3.87. The molecule has 1 aliphatic rings. The largest absolute Gasteiger partial charge is 0.308 e. The first kappa shape index (κ1) is 16.5. The van der Waals surface area contributed by atoms with Crippen LogP contribution in [0.2, 0.25) is 0 Å². The van der Waals surface area contributed by atoms with Gasteiger partial charge in [0.05, 0.1) is 6.04 Å². The lowest BCUT2D eigenvalue weighted by atomic mass is 9.81. The molecule has 1 N–H and O–H groups in total. The summed E-state index contributed by atoms with van der Waals surface area (Å²) in [4.78, 5) is 2.73. The fraction of sp³-hybridized carbons (Fsp3) is 0.684. The molecule has 2 heteroatoms. The fourth-order valence-electron chi connectivity index (χ4n) is 3.65. The van der Waals surface area contributed by atoms with Crippen molar-refractivity contribution in [3.63, 3.8) is 0 Å². The standard InChI is InChI=1S/C19H32N2/c1-4-14-20-18(17-12-8-6-9-13-17)19(3,5-2)21-15-10-7-11-16-21/h6,8-9,12-13,18,20H,4-5,7,10-11,14-16H2,1-3H3. The molecule has 0 radical (unpaired) electrons. The van der Waals surface area contributed by atoms with E-state index >= 15 is 0 Å². The summed E-state index contributed by atoms with van der Waals surface area (Å²) in [6.45, 7) is 10.6. The van der Waals surface area contributed by atoms with Crippen LogP contribution in [0.5, 0.6) is 0 Å². The summed E-state index contributed by atoms with van der Waals surface area (Å²) in [5, 5.41) is 3.83. The third-order valence-corrected chi connectivity index (χ3v) is 5.15. The molecule has 0 aromatic heterocycles. The molecule has 0 spiro atoms. The SMILES string of the molecule is CCCNC(c1ccccc1)C(C)(CC)N1CCCCC1. The van der Waals surface area contributed by atoms with Crippen molar-refractivity contribution >= 4 is 0 Å². The highest BCUT2D eigenvalue weighted by Gasteiger charge is 2.39. The first-order valence-corrected chi connectivity index (χ1v) is 8.75. The van der Waals surface area contributed by atoms with Gasteiger partial charge in [0.25, 0.3) is 0 Å². The molecule has 0 amide bonds. The molecule has 2 nitrogen and oxygen atoms in total. The van der Waals surface area contributed by atoms with E-state index in [2.05, 4.69) is 61.3 Å². The van der Waals surface area contributed by atoms with Gasteiger partial charge in [-0.15, -0.1) is 0 Å². The second kappa shape index (κ2) is 7.95. The van der Waals surface area contributed by atoms with E-state index in [1.165, 1.54) is 50.8 Å². The minimum absolute atomic E-state index is 0.205. The summed E-state index contributed by atoms with van der Waals surface area (Å²) in [5.74, 6) is 0. The normalized spacial score (nSPS) is 20.9. The maximum absolute atomic E-state index is 3.83. The van der Waals surface area contributed by atoms with Gasteiger partial charge in [0.1, 0.15) is 0 Å². The van der Waals surface area contributed by atoms with E-state index in [1.807, 2.05) is 0 Å². The van der Waals surface area contributed by atoms with Gasteiger partial charge in [-0.2, -0.15) is 0 Å². The molecule has 1 aromatic rings. The van der Waals surface area contributed by atoms with Crippen molar-refractivity contribution in [1.29, 1.82) is 0 Å². The number of benzene rings is 1. The maximum Gasteiger partial charge on any atom is 0.0504 e. The maximum atomic E-state index is 3.83. The molecule has 118 valence electrons. The van der Waals surface area contributed by atoms with Gasteiger partial charge in [-0.3, -0.25) is 4.90 Å². The van der Waals surface area contributed by atoms with Crippen molar-refractivity contribution in [1.82, 2.24) is 10.2 Å². The van der Waals surface area contributed by atoms with Crippen LogP contribution in [0.4, 0.5) is 0 Å². The van der Waals surface area contributed by atoms with Gasteiger partial charge in [-0.1, -0.05) is 50.6 Å². The topological polar surface area (TPSA) is 15.3 Å². The predicted molar refractivity (Wildman–Crippen MR) is 91.6 cm³/mol. The quantitative estimate of drug-likeness (QED) is 0.801. The summed E-state index contributed by atoms with van der Waals surface area (Å²) in [5.41, 5.74) is 1.64. The smallest absolute Gasteiger partial charge is 0.0504 e. The summed E-state index contributed by atoms with van der Waals surface area (Å²) in [6, 6.07) is 11.4. The summed E-state index contributed by atoms with van der Waals surface area (Å²) in [6.07, 6.45) is 6.47. The van der Waals surface area contributed by atoms with E-state index in [-0.39, 0.29) is 5.54 Å². The van der Waals surface area contributed by atoms with Crippen molar-refractivity contribution in [2.75, 3.05) is 19.6 Å². The zero-order chi connectivity index (χ0) is 15.1. The second-order valence-electron chi connectivity index (χ2n) is 6.56. The Morgan fingerprint density at radius 1 is 1.10 bits per heavy atom. The lowest BCUT2D eigenvalue weighted by molar-refractivity contribution is 0.0424. The van der Waals surface area contributed by atoms with Gasteiger partial charge in [-0.05, 0) is 57.8 Å². The highest BCUT2D eigenvalue weighted by molar-refractivity contribution is 5.23.